The Morgan fingerprint density at radius 3 is 2.57 bits per heavy atom. The molecule has 0 amide bonds. The molecule has 0 unspecified atom stereocenters. The van der Waals surface area contributed by atoms with E-state index in [1.807, 2.05) is 6.07 Å². The van der Waals surface area contributed by atoms with Crippen LogP contribution >= 0.6 is 11.3 Å². The van der Waals surface area contributed by atoms with Crippen molar-refractivity contribution in [3.8, 4) is 6.07 Å². The van der Waals surface area contributed by atoms with Gasteiger partial charge in [-0.1, -0.05) is 0 Å². The first-order chi connectivity index (χ1) is 6.36. The van der Waals surface area contributed by atoms with Crippen LogP contribution in [0, 0.1) is 18.3 Å². The van der Waals surface area contributed by atoms with E-state index in [2.05, 4.69) is 0 Å². The van der Waals surface area contributed by atoms with Crippen molar-refractivity contribution >= 4 is 17.1 Å². The lowest BCUT2D eigenvalue weighted by atomic mass is 10.2. The van der Waals surface area contributed by atoms with E-state index >= 15 is 0 Å². The summed E-state index contributed by atoms with van der Waals surface area (Å²) in [6.45, 7) is 2.16. The summed E-state index contributed by atoms with van der Waals surface area (Å²) in [6.07, 6.45) is 0. The first-order valence-electron chi connectivity index (χ1n) is 3.79. The molecule has 0 aromatic carbocycles. The Morgan fingerprint density at radius 2 is 2.21 bits per heavy atom. The van der Waals surface area contributed by atoms with Crippen molar-refractivity contribution < 1.29 is 13.6 Å². The van der Waals surface area contributed by atoms with E-state index in [9.17, 15) is 13.6 Å². The number of rotatable bonds is 2. The number of thiophene rings is 1. The maximum Gasteiger partial charge on any atom is 0.307 e. The summed E-state index contributed by atoms with van der Waals surface area (Å²) in [5, 5.41) is 8.58. The second-order valence-corrected chi connectivity index (χ2v) is 4.00. The Labute approximate surface area is 83.8 Å². The minimum Gasteiger partial charge on any atom is -0.286 e. The first kappa shape index (κ1) is 10.8. The van der Waals surface area contributed by atoms with Crippen molar-refractivity contribution in [3.63, 3.8) is 0 Å². The van der Waals surface area contributed by atoms with E-state index in [1.165, 1.54) is 6.07 Å². The number of hydrogen-bond donors (Lipinski definition) is 0. The Morgan fingerprint density at radius 1 is 1.64 bits per heavy atom. The van der Waals surface area contributed by atoms with Gasteiger partial charge in [-0.25, -0.2) is 0 Å². The number of ketones is 1. The highest BCUT2D eigenvalue weighted by molar-refractivity contribution is 7.14. The molecule has 2 nitrogen and oxygen atoms in total. The zero-order valence-electron chi connectivity index (χ0n) is 7.60. The SMILES string of the molecule is Cc1cc(C(=O)C(C)(F)F)sc1C#N. The number of aryl methyl sites for hydroxylation is 1. The molecule has 0 saturated carbocycles. The molecule has 1 aromatic heterocycles. The number of nitrogens with zero attached hydrogens (tertiary/aromatic N) is 1. The molecule has 0 radical (unpaired) electrons. The van der Waals surface area contributed by atoms with Gasteiger partial charge in [-0.15, -0.1) is 11.3 Å². The van der Waals surface area contributed by atoms with Gasteiger partial charge in [0.2, 0.25) is 5.78 Å². The summed E-state index contributed by atoms with van der Waals surface area (Å²) in [4.78, 5) is 11.3. The van der Waals surface area contributed by atoms with Crippen molar-refractivity contribution in [2.24, 2.45) is 0 Å². The van der Waals surface area contributed by atoms with Gasteiger partial charge in [0.05, 0.1) is 4.88 Å². The van der Waals surface area contributed by atoms with Crippen molar-refractivity contribution in [3.05, 3.63) is 21.4 Å². The summed E-state index contributed by atoms with van der Waals surface area (Å²) in [5.74, 6) is -4.60. The summed E-state index contributed by atoms with van der Waals surface area (Å²) in [7, 11) is 0. The zero-order chi connectivity index (χ0) is 10.9. The van der Waals surface area contributed by atoms with Crippen molar-refractivity contribution in [2.75, 3.05) is 0 Å². The fraction of sp³-hybridized carbons (Fsp3) is 0.333. The zero-order valence-corrected chi connectivity index (χ0v) is 8.41. The number of Topliss-reactive ketones (excluding diaryl/α,β-unsaturated/α-hetero) is 1. The second kappa shape index (κ2) is 3.46. The summed E-state index contributed by atoms with van der Waals surface area (Å²) < 4.78 is 25.2. The average molecular weight is 215 g/mol. The third-order valence-corrected chi connectivity index (χ3v) is 2.78. The fourth-order valence-corrected chi connectivity index (χ4v) is 1.91. The van der Waals surface area contributed by atoms with Gasteiger partial charge >= 0.3 is 5.92 Å². The minimum absolute atomic E-state index is 0.0634. The molecule has 74 valence electrons. The molecule has 1 heterocycles. The maximum atomic E-state index is 12.6. The predicted molar refractivity (Wildman–Crippen MR) is 48.7 cm³/mol. The van der Waals surface area contributed by atoms with Crippen molar-refractivity contribution in [2.45, 2.75) is 19.8 Å². The standard InChI is InChI=1S/C9H7F2NOS/c1-5-3-6(14-7(5)4-12)8(13)9(2,10)11/h3H,1-2H3. The van der Waals surface area contributed by atoms with Gasteiger partial charge in [-0.3, -0.25) is 4.79 Å². The van der Waals surface area contributed by atoms with E-state index in [1.54, 1.807) is 6.92 Å². The summed E-state index contributed by atoms with van der Waals surface area (Å²) in [5.41, 5.74) is 0.560. The van der Waals surface area contributed by atoms with Gasteiger partial charge < -0.3 is 0 Å². The maximum absolute atomic E-state index is 12.6. The van der Waals surface area contributed by atoms with Gasteiger partial charge in [0.1, 0.15) is 10.9 Å². The Hall–Kier alpha value is -1.28. The topological polar surface area (TPSA) is 40.9 Å². The van der Waals surface area contributed by atoms with E-state index in [0.29, 0.717) is 17.4 Å². The van der Waals surface area contributed by atoms with E-state index < -0.39 is 11.7 Å². The first-order valence-corrected chi connectivity index (χ1v) is 4.61. The molecule has 0 fully saturated rings. The summed E-state index contributed by atoms with van der Waals surface area (Å²) in [6, 6.07) is 3.17. The van der Waals surface area contributed by atoms with Crippen LogP contribution in [0.2, 0.25) is 0 Å². The largest absolute Gasteiger partial charge is 0.307 e. The number of hydrogen-bond acceptors (Lipinski definition) is 3. The minimum atomic E-state index is -3.37. The molecular formula is C9H7F2NOS. The van der Waals surface area contributed by atoms with Crippen LogP contribution < -0.4 is 0 Å². The molecule has 0 aliphatic carbocycles. The van der Waals surface area contributed by atoms with Gasteiger partial charge in [0.25, 0.3) is 0 Å². The monoisotopic (exact) mass is 215 g/mol. The highest BCUT2D eigenvalue weighted by atomic mass is 32.1. The number of nitriles is 1. The lowest BCUT2D eigenvalue weighted by molar-refractivity contribution is 0.0226. The van der Waals surface area contributed by atoms with Gasteiger partial charge in [-0.2, -0.15) is 14.0 Å². The highest BCUT2D eigenvalue weighted by Crippen LogP contribution is 2.27. The molecule has 1 aromatic rings. The molecule has 0 saturated heterocycles. The smallest absolute Gasteiger partial charge is 0.286 e. The van der Waals surface area contributed by atoms with Crippen LogP contribution in [0.3, 0.4) is 0 Å². The molecule has 14 heavy (non-hydrogen) atoms. The van der Waals surface area contributed by atoms with Crippen molar-refractivity contribution in [1.82, 2.24) is 0 Å². The lowest BCUT2D eigenvalue weighted by Gasteiger charge is -2.05. The number of alkyl halides is 2. The van der Waals surface area contributed by atoms with Crippen LogP contribution in [0.4, 0.5) is 8.78 Å². The molecule has 5 heteroatoms. The van der Waals surface area contributed by atoms with Gasteiger partial charge in [0.15, 0.2) is 0 Å². The fourth-order valence-electron chi connectivity index (χ4n) is 0.921. The van der Waals surface area contributed by atoms with E-state index in [-0.39, 0.29) is 4.88 Å². The Bertz CT molecular complexity index is 411. The van der Waals surface area contributed by atoms with Crippen LogP contribution in [0.1, 0.15) is 27.0 Å². The van der Waals surface area contributed by atoms with Crippen LogP contribution in [0.5, 0.6) is 0 Å². The average Bonchev–Trinajstić information content (AvgIpc) is 2.43. The summed E-state index contributed by atoms with van der Waals surface area (Å²) >= 11 is 0.804. The number of halogens is 2. The second-order valence-electron chi connectivity index (χ2n) is 2.95. The van der Waals surface area contributed by atoms with Gasteiger partial charge in [-0.05, 0) is 18.6 Å². The lowest BCUT2D eigenvalue weighted by Crippen LogP contribution is -2.23. The Balaban J connectivity index is 3.11. The molecular weight excluding hydrogens is 208 g/mol. The molecule has 0 spiro atoms. The third-order valence-electron chi connectivity index (χ3n) is 1.64. The highest BCUT2D eigenvalue weighted by Gasteiger charge is 2.34. The van der Waals surface area contributed by atoms with Crippen LogP contribution in [0.25, 0.3) is 0 Å². The van der Waals surface area contributed by atoms with Gasteiger partial charge in [0, 0.05) is 6.92 Å². The van der Waals surface area contributed by atoms with E-state index in [4.69, 9.17) is 5.26 Å². The normalized spacial score (nSPS) is 11.1. The quantitative estimate of drug-likeness (QED) is 0.712. The van der Waals surface area contributed by atoms with E-state index in [0.717, 1.165) is 11.3 Å². The predicted octanol–water partition coefficient (Wildman–Crippen LogP) is 2.77. The van der Waals surface area contributed by atoms with Crippen LogP contribution in [0.15, 0.2) is 6.07 Å². The third kappa shape index (κ3) is 1.96. The van der Waals surface area contributed by atoms with Crippen LogP contribution in [-0.4, -0.2) is 11.7 Å². The molecule has 0 aliphatic heterocycles. The van der Waals surface area contributed by atoms with Crippen LogP contribution in [-0.2, 0) is 0 Å². The Kier molecular flexibility index (Phi) is 2.67. The molecule has 0 bridgehead atoms. The molecule has 0 aliphatic rings. The number of carbonyl (C=O) groups is 1. The van der Waals surface area contributed by atoms with Crippen molar-refractivity contribution in [1.29, 1.82) is 5.26 Å². The molecule has 0 N–H and O–H groups in total. The molecule has 0 atom stereocenters. The number of carbonyl (C=O) groups excluding carboxylic acids is 1. The molecule has 1 rings (SSSR count).